The highest BCUT2D eigenvalue weighted by atomic mass is 16.1. The standard InChI is InChI=1S/C23H27N5O/c1-22(2,3)15-9-7-14(8-10-15)20(29)26-17-13-28-18(25-17)12-11-16-19(28)27-21(24-16)23(4,5)6/h7-12H,13H2,1-6H3,(H,25,26,29). The Morgan fingerprint density at radius 2 is 1.62 bits per heavy atom. The summed E-state index contributed by atoms with van der Waals surface area (Å²) in [6.07, 6.45) is 0. The molecule has 1 aromatic carbocycles. The minimum Gasteiger partial charge on any atom is -0.308 e. The summed E-state index contributed by atoms with van der Waals surface area (Å²) in [6.45, 7) is 13.2. The van der Waals surface area contributed by atoms with E-state index in [1.54, 1.807) is 0 Å². The van der Waals surface area contributed by atoms with Crippen molar-refractivity contribution in [3.63, 3.8) is 0 Å². The molecule has 1 amide bonds. The van der Waals surface area contributed by atoms with Crippen molar-refractivity contribution in [3.05, 3.63) is 53.3 Å². The molecule has 0 saturated heterocycles. The first-order valence-corrected chi connectivity index (χ1v) is 9.89. The van der Waals surface area contributed by atoms with Crippen LogP contribution in [-0.2, 0) is 17.4 Å². The minimum atomic E-state index is -0.155. The Labute approximate surface area is 171 Å². The Morgan fingerprint density at radius 1 is 0.931 bits per heavy atom. The van der Waals surface area contributed by atoms with E-state index in [4.69, 9.17) is 4.98 Å². The van der Waals surface area contributed by atoms with E-state index >= 15 is 0 Å². The number of amidine groups is 1. The zero-order valence-corrected chi connectivity index (χ0v) is 17.9. The largest absolute Gasteiger partial charge is 0.308 e. The van der Waals surface area contributed by atoms with Gasteiger partial charge < -0.3 is 9.88 Å². The van der Waals surface area contributed by atoms with Gasteiger partial charge in [-0.25, -0.2) is 15.0 Å². The van der Waals surface area contributed by atoms with Crippen LogP contribution in [-0.4, -0.2) is 26.3 Å². The number of carbonyl (C=O) groups is 1. The normalized spacial score (nSPS) is 14.1. The molecule has 4 rings (SSSR count). The predicted molar refractivity (Wildman–Crippen MR) is 115 cm³/mol. The number of imidazole rings is 1. The first kappa shape index (κ1) is 19.3. The van der Waals surface area contributed by atoms with Crippen molar-refractivity contribution in [1.29, 1.82) is 0 Å². The molecule has 0 spiro atoms. The van der Waals surface area contributed by atoms with E-state index in [0.717, 1.165) is 23.2 Å². The van der Waals surface area contributed by atoms with Crippen LogP contribution in [0.2, 0.25) is 0 Å². The van der Waals surface area contributed by atoms with Crippen molar-refractivity contribution >= 4 is 17.6 Å². The van der Waals surface area contributed by atoms with Crippen LogP contribution in [0.15, 0.2) is 41.4 Å². The van der Waals surface area contributed by atoms with E-state index in [0.29, 0.717) is 17.9 Å². The Hall–Kier alpha value is -3.02. The number of rotatable bonds is 1. The molecule has 3 aliphatic rings. The van der Waals surface area contributed by atoms with Gasteiger partial charge in [0.15, 0.2) is 5.82 Å². The van der Waals surface area contributed by atoms with Gasteiger partial charge in [0.25, 0.3) is 5.91 Å². The van der Waals surface area contributed by atoms with Crippen LogP contribution in [0.4, 0.5) is 5.82 Å². The van der Waals surface area contributed by atoms with Crippen LogP contribution < -0.4 is 5.32 Å². The van der Waals surface area contributed by atoms with E-state index in [1.807, 2.05) is 41.0 Å². The third kappa shape index (κ3) is 3.67. The topological polar surface area (TPSA) is 72.2 Å². The zero-order chi connectivity index (χ0) is 21.0. The number of pyridine rings is 1. The van der Waals surface area contributed by atoms with Crippen LogP contribution >= 0.6 is 0 Å². The van der Waals surface area contributed by atoms with Gasteiger partial charge in [0.2, 0.25) is 0 Å². The zero-order valence-electron chi connectivity index (χ0n) is 17.9. The highest BCUT2D eigenvalue weighted by molar-refractivity contribution is 6.07. The molecule has 1 N–H and O–H groups in total. The van der Waals surface area contributed by atoms with E-state index in [9.17, 15) is 4.79 Å². The Bertz CT molecular complexity index is 1080. The van der Waals surface area contributed by atoms with Gasteiger partial charge in [-0.3, -0.25) is 4.79 Å². The maximum Gasteiger partial charge on any atom is 0.256 e. The van der Waals surface area contributed by atoms with Crippen LogP contribution in [0, 0.1) is 0 Å². The molecule has 1 aromatic rings. The lowest BCUT2D eigenvalue weighted by atomic mass is 9.87. The van der Waals surface area contributed by atoms with E-state index in [2.05, 4.69) is 56.8 Å². The van der Waals surface area contributed by atoms with Gasteiger partial charge in [0, 0.05) is 11.0 Å². The Kier molecular flexibility index (Phi) is 4.33. The van der Waals surface area contributed by atoms with Gasteiger partial charge in [0.05, 0.1) is 6.54 Å². The summed E-state index contributed by atoms with van der Waals surface area (Å²) >= 11 is 0. The molecule has 0 aliphatic carbocycles. The van der Waals surface area contributed by atoms with Gasteiger partial charge >= 0.3 is 0 Å². The maximum absolute atomic E-state index is 12.7. The van der Waals surface area contributed by atoms with Crippen LogP contribution in [0.3, 0.4) is 0 Å². The van der Waals surface area contributed by atoms with Crippen molar-refractivity contribution in [1.82, 2.24) is 19.9 Å². The minimum absolute atomic E-state index is 0.0562. The number of nitrogens with zero attached hydrogens (tertiary/aromatic N) is 4. The number of carbonyl (C=O) groups excluding carboxylic acids is 1. The molecule has 0 aromatic heterocycles. The highest BCUT2D eigenvalue weighted by Gasteiger charge is 2.27. The van der Waals surface area contributed by atoms with Crippen molar-refractivity contribution in [3.8, 4) is 11.5 Å². The fourth-order valence-electron chi connectivity index (χ4n) is 3.31. The molecule has 6 heteroatoms. The summed E-state index contributed by atoms with van der Waals surface area (Å²) in [5, 5.41) is 2.94. The van der Waals surface area contributed by atoms with Gasteiger partial charge in [-0.05, 0) is 35.2 Å². The third-order valence-electron chi connectivity index (χ3n) is 5.09. The summed E-state index contributed by atoms with van der Waals surface area (Å²) in [4.78, 5) is 26.6. The molecule has 0 unspecified atom stereocenters. The molecule has 0 radical (unpaired) electrons. The number of aromatic nitrogens is 3. The van der Waals surface area contributed by atoms with Crippen molar-refractivity contribution in [2.24, 2.45) is 4.99 Å². The fraction of sp³-hybridized carbons (Fsp3) is 0.391. The number of amides is 1. The number of hydrogen-bond acceptors (Lipinski definition) is 4. The average Bonchev–Trinajstić information content (AvgIpc) is 3.23. The van der Waals surface area contributed by atoms with E-state index in [-0.39, 0.29) is 16.7 Å². The van der Waals surface area contributed by atoms with Crippen LogP contribution in [0.1, 0.15) is 63.3 Å². The highest BCUT2D eigenvalue weighted by Crippen LogP contribution is 2.31. The second-order valence-electron chi connectivity index (χ2n) is 9.62. The first-order valence-electron chi connectivity index (χ1n) is 9.89. The summed E-state index contributed by atoms with van der Waals surface area (Å²) < 4.78 is 2.00. The van der Waals surface area contributed by atoms with Crippen LogP contribution in [0.5, 0.6) is 0 Å². The predicted octanol–water partition coefficient (Wildman–Crippen LogP) is 4.45. The van der Waals surface area contributed by atoms with E-state index < -0.39 is 0 Å². The summed E-state index contributed by atoms with van der Waals surface area (Å²) in [5.74, 6) is 2.84. The second kappa shape index (κ2) is 6.51. The number of fused-ring (bicyclic) bond motifs is 3. The average molecular weight is 390 g/mol. The molecule has 0 fully saturated rings. The first-order chi connectivity index (χ1) is 13.5. The van der Waals surface area contributed by atoms with Crippen molar-refractivity contribution in [2.75, 3.05) is 0 Å². The monoisotopic (exact) mass is 389 g/mol. The summed E-state index contributed by atoms with van der Waals surface area (Å²) in [6, 6.07) is 11.6. The lowest BCUT2D eigenvalue weighted by molar-refractivity contribution is 0.0976. The van der Waals surface area contributed by atoms with Gasteiger partial charge in [-0.1, -0.05) is 53.7 Å². The van der Waals surface area contributed by atoms with Gasteiger partial charge in [-0.15, -0.1) is 0 Å². The molecular weight excluding hydrogens is 362 g/mol. The van der Waals surface area contributed by atoms with Crippen molar-refractivity contribution in [2.45, 2.75) is 58.9 Å². The van der Waals surface area contributed by atoms with Gasteiger partial charge in [0.1, 0.15) is 23.2 Å². The maximum atomic E-state index is 12.7. The molecular formula is C23H27N5O. The molecule has 0 bridgehead atoms. The summed E-state index contributed by atoms with van der Waals surface area (Å²) in [7, 11) is 0. The third-order valence-corrected chi connectivity index (χ3v) is 5.09. The Balaban J connectivity index is 1.53. The lowest BCUT2D eigenvalue weighted by Gasteiger charge is -2.19. The fourth-order valence-corrected chi connectivity index (χ4v) is 3.31. The quantitative estimate of drug-likeness (QED) is 0.668. The summed E-state index contributed by atoms with van der Waals surface area (Å²) in [5.41, 5.74) is 2.60. The molecule has 3 aliphatic heterocycles. The molecule has 0 saturated carbocycles. The molecule has 6 nitrogen and oxygen atoms in total. The number of nitrogens with one attached hydrogen (secondary N) is 1. The smallest absolute Gasteiger partial charge is 0.256 e. The van der Waals surface area contributed by atoms with E-state index in [1.165, 1.54) is 5.56 Å². The van der Waals surface area contributed by atoms with Crippen LogP contribution in [0.25, 0.3) is 11.5 Å². The molecule has 29 heavy (non-hydrogen) atoms. The Morgan fingerprint density at radius 3 is 2.24 bits per heavy atom. The number of benzene rings is 1. The lowest BCUT2D eigenvalue weighted by Crippen LogP contribution is -2.31. The SMILES string of the molecule is CC(C)(C)c1ccc(C(=O)NC2=Nc3ccc4nc(C(C)(C)C)nc-4n3C2)cc1. The second-order valence-corrected chi connectivity index (χ2v) is 9.62. The number of aliphatic imine (C=N–C) groups is 1. The number of hydrogen-bond donors (Lipinski definition) is 1. The molecule has 3 heterocycles. The molecule has 0 atom stereocenters. The van der Waals surface area contributed by atoms with Crippen molar-refractivity contribution < 1.29 is 4.79 Å². The van der Waals surface area contributed by atoms with Gasteiger partial charge in [-0.2, -0.15) is 0 Å². The molecule has 150 valence electrons.